The number of methoxy groups -OCH3 is 1. The van der Waals surface area contributed by atoms with Gasteiger partial charge in [0.05, 0.1) is 22.5 Å². The van der Waals surface area contributed by atoms with E-state index < -0.39 is 52.7 Å². The molecule has 0 unspecified atom stereocenters. The summed E-state index contributed by atoms with van der Waals surface area (Å²) in [6.45, 7) is -0.755. The van der Waals surface area contributed by atoms with Gasteiger partial charge in [0.1, 0.15) is 24.4 Å². The first-order chi connectivity index (χ1) is 8.17. The molecule has 0 bridgehead atoms. The van der Waals surface area contributed by atoms with Crippen LogP contribution in [0.5, 0.6) is 0 Å². The summed E-state index contributed by atoms with van der Waals surface area (Å²) in [7, 11) is -3.87. The minimum atomic E-state index is -4.83. The SMILES string of the molecule is CO[C@@]1(CS(=O)(=O)[O-])O[C@H](CO)[C@@H](O)[C@H](O)[C@H]1O.[Na+]. The maximum Gasteiger partial charge on any atom is 1.00 e. The Balaban J connectivity index is 0.00000324. The number of aliphatic hydroxyl groups is 4. The zero-order valence-corrected chi connectivity index (χ0v) is 13.3. The van der Waals surface area contributed by atoms with Crippen LogP contribution in [0.3, 0.4) is 0 Å². The van der Waals surface area contributed by atoms with E-state index in [-0.39, 0.29) is 29.6 Å². The van der Waals surface area contributed by atoms with Gasteiger partial charge in [-0.15, -0.1) is 0 Å². The Morgan fingerprint density at radius 3 is 2.21 bits per heavy atom. The van der Waals surface area contributed by atoms with E-state index in [9.17, 15) is 28.3 Å². The zero-order chi connectivity index (χ0) is 14.1. The molecular weight excluding hydrogens is 295 g/mol. The predicted molar refractivity (Wildman–Crippen MR) is 54.3 cm³/mol. The van der Waals surface area contributed by atoms with Crippen LogP contribution in [0.15, 0.2) is 0 Å². The van der Waals surface area contributed by atoms with Gasteiger partial charge >= 0.3 is 29.6 Å². The number of ether oxygens (including phenoxy) is 2. The van der Waals surface area contributed by atoms with E-state index in [1.54, 1.807) is 0 Å². The minimum absolute atomic E-state index is 0. The second-order valence-corrected chi connectivity index (χ2v) is 5.39. The summed E-state index contributed by atoms with van der Waals surface area (Å²) in [6, 6.07) is 0. The Labute approximate surface area is 132 Å². The molecule has 1 aliphatic heterocycles. The molecule has 1 heterocycles. The van der Waals surface area contributed by atoms with Crippen molar-refractivity contribution in [2.45, 2.75) is 30.2 Å². The predicted octanol–water partition coefficient (Wildman–Crippen LogP) is -6.65. The molecule has 0 amide bonds. The number of hydrogen-bond acceptors (Lipinski definition) is 9. The number of rotatable bonds is 4. The summed E-state index contributed by atoms with van der Waals surface area (Å²) >= 11 is 0. The Kier molecular flexibility index (Phi) is 7.34. The van der Waals surface area contributed by atoms with Crippen molar-refractivity contribution in [1.82, 2.24) is 0 Å². The van der Waals surface area contributed by atoms with Gasteiger partial charge in [-0.1, -0.05) is 0 Å². The molecule has 108 valence electrons. The number of aliphatic hydroxyl groups excluding tert-OH is 4. The van der Waals surface area contributed by atoms with Crippen LogP contribution in [-0.4, -0.2) is 83.1 Å². The first kappa shape index (κ1) is 19.7. The minimum Gasteiger partial charge on any atom is -0.748 e. The fourth-order valence-corrected chi connectivity index (χ4v) is 2.65. The van der Waals surface area contributed by atoms with Gasteiger partial charge in [-0.3, -0.25) is 0 Å². The molecule has 19 heavy (non-hydrogen) atoms. The molecule has 0 aliphatic carbocycles. The van der Waals surface area contributed by atoms with Crippen molar-refractivity contribution in [2.24, 2.45) is 0 Å². The summed E-state index contributed by atoms with van der Waals surface area (Å²) in [6.07, 6.45) is -6.80. The second-order valence-electron chi connectivity index (χ2n) is 3.98. The third-order valence-corrected chi connectivity index (χ3v) is 3.52. The monoisotopic (exact) mass is 310 g/mol. The molecule has 1 fully saturated rings. The van der Waals surface area contributed by atoms with Crippen molar-refractivity contribution in [3.8, 4) is 0 Å². The third-order valence-electron chi connectivity index (χ3n) is 2.76. The van der Waals surface area contributed by atoms with E-state index in [0.717, 1.165) is 7.11 Å². The molecule has 0 aromatic rings. The molecule has 0 aromatic heterocycles. The van der Waals surface area contributed by atoms with E-state index in [2.05, 4.69) is 4.74 Å². The molecule has 0 aromatic carbocycles. The van der Waals surface area contributed by atoms with Crippen LogP contribution in [0.2, 0.25) is 0 Å². The van der Waals surface area contributed by atoms with Crippen molar-refractivity contribution in [1.29, 1.82) is 0 Å². The van der Waals surface area contributed by atoms with Gasteiger partial charge < -0.3 is 34.5 Å². The average molecular weight is 310 g/mol. The van der Waals surface area contributed by atoms with Gasteiger partial charge in [-0.2, -0.15) is 0 Å². The standard InChI is InChI=1S/C8H16O9S.Na/c1-16-8(3-18(13,14)15)7(12)6(11)5(10)4(2-9)17-8;/h4-7,9-12H,2-3H2,1H3,(H,13,14,15);/q;+1/p-1/t4-,5-,6+,7-,8+;/m1./s1. The first-order valence-corrected chi connectivity index (χ1v) is 6.56. The maximum absolute atomic E-state index is 10.8. The molecular formula is C8H15NaO9S. The van der Waals surface area contributed by atoms with Gasteiger partial charge in [0.15, 0.2) is 0 Å². The molecule has 1 aliphatic rings. The topological polar surface area (TPSA) is 157 Å². The second kappa shape index (κ2) is 7.09. The van der Waals surface area contributed by atoms with Gasteiger partial charge in [0.25, 0.3) is 0 Å². The van der Waals surface area contributed by atoms with Crippen LogP contribution >= 0.6 is 0 Å². The summed E-state index contributed by atoms with van der Waals surface area (Å²) in [5.41, 5.74) is 0. The Hall–Kier alpha value is 0.670. The van der Waals surface area contributed by atoms with E-state index in [4.69, 9.17) is 9.84 Å². The molecule has 5 atom stereocenters. The smallest absolute Gasteiger partial charge is 0.748 e. The van der Waals surface area contributed by atoms with Crippen molar-refractivity contribution < 1.29 is 72.4 Å². The van der Waals surface area contributed by atoms with Gasteiger partial charge in [0, 0.05) is 7.11 Å². The molecule has 0 spiro atoms. The molecule has 9 nitrogen and oxygen atoms in total. The van der Waals surface area contributed by atoms with E-state index in [1.165, 1.54) is 0 Å². The van der Waals surface area contributed by atoms with Crippen LogP contribution < -0.4 is 29.6 Å². The summed E-state index contributed by atoms with van der Waals surface area (Å²) < 4.78 is 41.9. The first-order valence-electron chi connectivity index (χ1n) is 4.98. The largest absolute Gasteiger partial charge is 1.00 e. The van der Waals surface area contributed by atoms with Crippen LogP contribution in [0.4, 0.5) is 0 Å². The Morgan fingerprint density at radius 2 is 1.84 bits per heavy atom. The maximum atomic E-state index is 10.8. The summed E-state index contributed by atoms with van der Waals surface area (Å²) in [5, 5.41) is 37.6. The average Bonchev–Trinajstić information content (AvgIpc) is 2.28. The fourth-order valence-electron chi connectivity index (χ4n) is 1.80. The molecule has 1 rings (SSSR count). The molecule has 1 saturated heterocycles. The van der Waals surface area contributed by atoms with Gasteiger partial charge in [-0.05, 0) is 0 Å². The molecule has 0 saturated carbocycles. The normalized spacial score (nSPS) is 39.7. The molecule has 0 radical (unpaired) electrons. The van der Waals surface area contributed by atoms with Crippen molar-refractivity contribution >= 4 is 10.1 Å². The van der Waals surface area contributed by atoms with E-state index in [1.807, 2.05) is 0 Å². The van der Waals surface area contributed by atoms with Crippen LogP contribution in [0, 0.1) is 0 Å². The van der Waals surface area contributed by atoms with Crippen molar-refractivity contribution in [2.75, 3.05) is 19.5 Å². The van der Waals surface area contributed by atoms with Crippen molar-refractivity contribution in [3.63, 3.8) is 0 Å². The fraction of sp³-hybridized carbons (Fsp3) is 1.00. The van der Waals surface area contributed by atoms with Crippen molar-refractivity contribution in [3.05, 3.63) is 0 Å². The molecule has 4 N–H and O–H groups in total. The third kappa shape index (κ3) is 4.32. The molecule has 11 heteroatoms. The van der Waals surface area contributed by atoms with E-state index in [0.29, 0.717) is 0 Å². The zero-order valence-electron chi connectivity index (χ0n) is 10.5. The van der Waals surface area contributed by atoms with Gasteiger partial charge in [0.2, 0.25) is 5.79 Å². The number of hydrogen-bond donors (Lipinski definition) is 4. The summed E-state index contributed by atoms with van der Waals surface area (Å²) in [4.78, 5) is 0. The quantitative estimate of drug-likeness (QED) is 0.293. The van der Waals surface area contributed by atoms with Crippen LogP contribution in [0.25, 0.3) is 0 Å². The Morgan fingerprint density at radius 1 is 1.32 bits per heavy atom. The summed E-state index contributed by atoms with van der Waals surface area (Å²) in [5.74, 6) is -3.59. The van der Waals surface area contributed by atoms with Crippen LogP contribution in [0.1, 0.15) is 0 Å². The van der Waals surface area contributed by atoms with E-state index >= 15 is 0 Å². The Bertz CT molecular complexity index is 386. The van der Waals surface area contributed by atoms with Crippen LogP contribution in [-0.2, 0) is 19.6 Å². The van der Waals surface area contributed by atoms with Gasteiger partial charge in [-0.25, -0.2) is 8.42 Å².